The van der Waals surface area contributed by atoms with Gasteiger partial charge in [-0.2, -0.15) is 10.2 Å². The van der Waals surface area contributed by atoms with Gasteiger partial charge in [0.2, 0.25) is 0 Å². The molecule has 2 N–H and O–H groups in total. The number of carboxylic acids is 2. The number of benzene rings is 1. The third-order valence-electron chi connectivity index (χ3n) is 17.6. The highest BCUT2D eigenvalue weighted by Crippen LogP contribution is 2.47. The normalized spacial score (nSPS) is 23.5. The van der Waals surface area contributed by atoms with Crippen LogP contribution in [0, 0.1) is 12.8 Å². The topological polar surface area (TPSA) is 168 Å². The molecule has 2 unspecified atom stereocenters. The van der Waals surface area contributed by atoms with Gasteiger partial charge in [-0.3, -0.25) is 9.88 Å². The zero-order valence-corrected chi connectivity index (χ0v) is 41.4. The molecule has 4 aliphatic carbocycles. The molecule has 0 spiro atoms. The average Bonchev–Trinajstić information content (AvgIpc) is 3.94. The first-order valence-electron chi connectivity index (χ1n) is 26.9. The molecule has 0 bridgehead atoms. The van der Waals surface area contributed by atoms with Gasteiger partial charge in [-0.15, -0.1) is 0 Å². The average molecular weight is 961 g/mol. The fourth-order valence-electron chi connectivity index (χ4n) is 12.9. The van der Waals surface area contributed by atoms with Crippen molar-refractivity contribution in [2.45, 2.75) is 146 Å². The van der Waals surface area contributed by atoms with Gasteiger partial charge in [-0.1, -0.05) is 56.4 Å². The summed E-state index contributed by atoms with van der Waals surface area (Å²) in [4.78, 5) is 46.6. The van der Waals surface area contributed by atoms with E-state index in [0.717, 1.165) is 172 Å². The van der Waals surface area contributed by atoms with Gasteiger partial charge in [-0.25, -0.2) is 28.9 Å². The first-order chi connectivity index (χ1) is 34.6. The lowest BCUT2D eigenvalue weighted by Crippen LogP contribution is -2.47. The number of fused-ring (bicyclic) bond motifs is 2. The van der Waals surface area contributed by atoms with Gasteiger partial charge in [0.05, 0.1) is 52.6 Å². The monoisotopic (exact) mass is 961 g/mol. The van der Waals surface area contributed by atoms with Gasteiger partial charge >= 0.3 is 11.9 Å². The number of hydrogen-bond donors (Lipinski definition) is 2. The quantitative estimate of drug-likeness (QED) is 0.119. The summed E-state index contributed by atoms with van der Waals surface area (Å²) in [6, 6.07) is 17.1. The first-order valence-corrected chi connectivity index (χ1v) is 26.9. The standard InChI is InChI=1S/C56H68N10O5/c1-34-30-43(22-23-57-34)62-24-26-63(27-25-62)47-32-46(56(69)70)59-54-50(47)52(40-10-7-11-40)61-66(54)42-20-18-38(19-21-42)48-33-64(28-29-71-48)35(2)36-14-16-37(17-15-36)44-31-45(55(67)68)58-53-49(44)51(39-8-6-9-39)60-65(53)41-12-4-3-5-13-41/h14-17,22-23,30-32,35,38-42,48H,3-13,18-21,24-29,33H2,1-2H3,(H,67,68)(H,69,70). The van der Waals surface area contributed by atoms with E-state index in [2.05, 4.69) is 72.4 Å². The molecule has 15 heteroatoms. The number of rotatable bonds is 12. The zero-order chi connectivity index (χ0) is 48.3. The molecule has 0 radical (unpaired) electrons. The second-order valence-electron chi connectivity index (χ2n) is 21.7. The Balaban J connectivity index is 0.753. The number of piperazine rings is 1. The van der Waals surface area contributed by atoms with Crippen LogP contribution in [-0.4, -0.2) is 114 Å². The van der Waals surface area contributed by atoms with Crippen molar-refractivity contribution in [3.63, 3.8) is 0 Å². The smallest absolute Gasteiger partial charge is 0.354 e. The highest BCUT2D eigenvalue weighted by molar-refractivity contribution is 6.00. The van der Waals surface area contributed by atoms with E-state index >= 15 is 0 Å². The Hall–Kier alpha value is -5.93. The van der Waals surface area contributed by atoms with Gasteiger partial charge in [0, 0.05) is 74.7 Å². The van der Waals surface area contributed by atoms with Crippen molar-refractivity contribution >= 4 is 45.4 Å². The van der Waals surface area contributed by atoms with Crippen LogP contribution in [0.1, 0.15) is 177 Å². The summed E-state index contributed by atoms with van der Waals surface area (Å²) in [6.07, 6.45) is 18.4. The number of aryl methyl sites for hydroxylation is 1. The number of nitrogens with zero attached hydrogens (tertiary/aromatic N) is 10. The molecular weight excluding hydrogens is 893 g/mol. The Morgan fingerprint density at radius 1 is 0.662 bits per heavy atom. The predicted molar refractivity (Wildman–Crippen MR) is 274 cm³/mol. The minimum absolute atomic E-state index is 0.0719. The number of pyridine rings is 3. The summed E-state index contributed by atoms with van der Waals surface area (Å²) >= 11 is 0. The number of aromatic carboxylic acids is 2. The lowest BCUT2D eigenvalue weighted by atomic mass is 9.81. The molecule has 6 aliphatic rings. The lowest BCUT2D eigenvalue weighted by Gasteiger charge is -2.42. The zero-order valence-electron chi connectivity index (χ0n) is 41.4. The summed E-state index contributed by atoms with van der Waals surface area (Å²) in [6.45, 7) is 9.93. The molecule has 6 fully saturated rings. The second-order valence-corrected chi connectivity index (χ2v) is 21.7. The summed E-state index contributed by atoms with van der Waals surface area (Å²) < 4.78 is 10.8. The van der Waals surface area contributed by atoms with Crippen LogP contribution in [0.3, 0.4) is 0 Å². The Morgan fingerprint density at radius 2 is 1.27 bits per heavy atom. The maximum absolute atomic E-state index is 12.7. The fourth-order valence-corrected chi connectivity index (χ4v) is 12.9. The van der Waals surface area contributed by atoms with Crippen molar-refractivity contribution in [1.29, 1.82) is 0 Å². The number of aromatic nitrogens is 7. The van der Waals surface area contributed by atoms with Crippen LogP contribution < -0.4 is 9.80 Å². The molecule has 6 aromatic rings. The van der Waals surface area contributed by atoms with Crippen LogP contribution >= 0.6 is 0 Å². The number of ether oxygens (including phenoxy) is 1. The van der Waals surface area contributed by atoms with Gasteiger partial charge < -0.3 is 24.7 Å². The SMILES string of the molecule is Cc1cc(N2CCN(c3cc(C(=O)O)nc4c3c(C3CCC3)nn4C3CCC(C4CN(C(C)c5ccc(-c6cc(C(=O)O)nc7c6c(C6CCC6)nn7C6CCCCC6)cc5)CCO4)CC3)CC2)ccn1. The van der Waals surface area contributed by atoms with E-state index in [-0.39, 0.29) is 35.6 Å². The van der Waals surface area contributed by atoms with Crippen molar-refractivity contribution in [3.05, 3.63) is 88.8 Å². The highest BCUT2D eigenvalue weighted by Gasteiger charge is 2.38. The maximum Gasteiger partial charge on any atom is 0.354 e. The molecule has 2 atom stereocenters. The van der Waals surface area contributed by atoms with Gasteiger partial charge in [0.1, 0.15) is 0 Å². The molecule has 4 saturated carbocycles. The number of anilines is 2. The minimum atomic E-state index is -1.01. The van der Waals surface area contributed by atoms with Crippen molar-refractivity contribution in [2.75, 3.05) is 55.7 Å². The summed E-state index contributed by atoms with van der Waals surface area (Å²) in [5.74, 6) is -0.862. The van der Waals surface area contributed by atoms with E-state index in [1.54, 1.807) is 12.1 Å². The van der Waals surface area contributed by atoms with Crippen LogP contribution in [0.4, 0.5) is 11.4 Å². The summed E-state index contributed by atoms with van der Waals surface area (Å²) in [5.41, 5.74) is 10.1. The largest absolute Gasteiger partial charge is 0.477 e. The second kappa shape index (κ2) is 19.2. The van der Waals surface area contributed by atoms with Crippen molar-refractivity contribution < 1.29 is 24.5 Å². The maximum atomic E-state index is 12.7. The van der Waals surface area contributed by atoms with E-state index in [9.17, 15) is 19.8 Å². The van der Waals surface area contributed by atoms with E-state index < -0.39 is 11.9 Å². The molecule has 2 aliphatic heterocycles. The molecular formula is C56H68N10O5. The lowest BCUT2D eigenvalue weighted by molar-refractivity contribution is -0.0769. The third-order valence-corrected chi connectivity index (χ3v) is 17.6. The number of carboxylic acid groups (broad SMARTS) is 2. The molecule has 5 aromatic heterocycles. The third kappa shape index (κ3) is 8.74. The molecule has 71 heavy (non-hydrogen) atoms. The molecule has 372 valence electrons. The van der Waals surface area contributed by atoms with Crippen LogP contribution in [0.25, 0.3) is 33.2 Å². The Morgan fingerprint density at radius 3 is 1.89 bits per heavy atom. The number of hydrogen-bond acceptors (Lipinski definition) is 11. The fraction of sp³-hybridized carbons (Fsp3) is 0.554. The number of morpholine rings is 1. The molecule has 2 saturated heterocycles. The molecule has 7 heterocycles. The van der Waals surface area contributed by atoms with E-state index in [1.165, 1.54) is 30.5 Å². The number of carbonyl (C=O) groups is 2. The Bertz CT molecular complexity index is 2940. The van der Waals surface area contributed by atoms with Crippen LogP contribution in [0.5, 0.6) is 0 Å². The minimum Gasteiger partial charge on any atom is -0.477 e. The van der Waals surface area contributed by atoms with E-state index in [4.69, 9.17) is 24.9 Å². The van der Waals surface area contributed by atoms with Crippen LogP contribution in [-0.2, 0) is 4.74 Å². The predicted octanol–water partition coefficient (Wildman–Crippen LogP) is 10.5. The van der Waals surface area contributed by atoms with Crippen molar-refractivity contribution in [2.24, 2.45) is 5.92 Å². The van der Waals surface area contributed by atoms with Crippen LogP contribution in [0.15, 0.2) is 54.7 Å². The van der Waals surface area contributed by atoms with Crippen LogP contribution in [0.2, 0.25) is 0 Å². The van der Waals surface area contributed by atoms with E-state index in [1.807, 2.05) is 13.1 Å². The van der Waals surface area contributed by atoms with Crippen molar-refractivity contribution in [1.82, 2.24) is 39.4 Å². The van der Waals surface area contributed by atoms with Crippen molar-refractivity contribution in [3.8, 4) is 11.1 Å². The molecule has 15 nitrogen and oxygen atoms in total. The highest BCUT2D eigenvalue weighted by atomic mass is 16.5. The Labute approximate surface area is 415 Å². The first kappa shape index (κ1) is 46.2. The molecule has 0 amide bonds. The van der Waals surface area contributed by atoms with E-state index in [0.29, 0.717) is 24.4 Å². The molecule has 12 rings (SSSR count). The van der Waals surface area contributed by atoms with Gasteiger partial charge in [-0.05, 0) is 125 Å². The Kier molecular flexibility index (Phi) is 12.5. The summed E-state index contributed by atoms with van der Waals surface area (Å²) in [5, 5.41) is 33.4. The molecule has 1 aromatic carbocycles. The van der Waals surface area contributed by atoms with Gasteiger partial charge in [0.25, 0.3) is 0 Å². The van der Waals surface area contributed by atoms with Gasteiger partial charge in [0.15, 0.2) is 22.7 Å². The summed E-state index contributed by atoms with van der Waals surface area (Å²) in [7, 11) is 0.